The Labute approximate surface area is 220 Å². The van der Waals surface area contributed by atoms with Gasteiger partial charge in [0.2, 0.25) is 5.95 Å². The first-order chi connectivity index (χ1) is 18.1. The fourth-order valence-corrected chi connectivity index (χ4v) is 3.59. The molecule has 15 nitrogen and oxygen atoms in total. The van der Waals surface area contributed by atoms with Crippen LogP contribution in [0.1, 0.15) is 28.9 Å². The molecule has 0 aliphatic heterocycles. The van der Waals surface area contributed by atoms with Gasteiger partial charge in [-0.1, -0.05) is 0 Å². The molecule has 0 fully saturated rings. The van der Waals surface area contributed by atoms with E-state index in [1.54, 1.807) is 12.1 Å². The topological polar surface area (TPSA) is 246 Å². The zero-order valence-corrected chi connectivity index (χ0v) is 20.7. The van der Waals surface area contributed by atoms with Crippen molar-refractivity contribution in [2.24, 2.45) is 0 Å². The lowest BCUT2D eigenvalue weighted by molar-refractivity contribution is -0.141. The predicted molar refractivity (Wildman–Crippen MR) is 139 cm³/mol. The van der Waals surface area contributed by atoms with E-state index in [1.807, 2.05) is 0 Å². The zero-order chi connectivity index (χ0) is 27.8. The Morgan fingerprint density at radius 2 is 1.74 bits per heavy atom. The van der Waals surface area contributed by atoms with Crippen molar-refractivity contribution in [2.45, 2.75) is 37.7 Å². The third kappa shape index (κ3) is 7.61. The molecule has 2 heterocycles. The summed E-state index contributed by atoms with van der Waals surface area (Å²) in [7, 11) is 0. The van der Waals surface area contributed by atoms with E-state index in [9.17, 15) is 29.4 Å². The lowest BCUT2D eigenvalue weighted by Crippen LogP contribution is -2.46. The van der Waals surface area contributed by atoms with Crippen molar-refractivity contribution in [1.82, 2.24) is 30.6 Å². The Morgan fingerprint density at radius 3 is 2.37 bits per heavy atom. The number of aromatic nitrogens is 4. The van der Waals surface area contributed by atoms with Crippen LogP contribution in [0.15, 0.2) is 35.3 Å². The van der Waals surface area contributed by atoms with Crippen LogP contribution in [0.5, 0.6) is 0 Å². The second-order valence-electron chi connectivity index (χ2n) is 8.11. The van der Waals surface area contributed by atoms with Crippen molar-refractivity contribution in [1.29, 1.82) is 0 Å². The van der Waals surface area contributed by atoms with Gasteiger partial charge in [-0.25, -0.2) is 14.8 Å². The Hall–Kier alpha value is -4.28. The highest BCUT2D eigenvalue weighted by Gasteiger charge is 2.24. The lowest BCUT2D eigenvalue weighted by Gasteiger charge is -2.20. The number of hydrogen-bond acceptors (Lipinski definition) is 12. The van der Waals surface area contributed by atoms with E-state index >= 15 is 0 Å². The molecule has 0 bridgehead atoms. The summed E-state index contributed by atoms with van der Waals surface area (Å²) in [5, 5.41) is 36.3. The molecule has 3 rings (SSSR count). The van der Waals surface area contributed by atoms with E-state index in [4.69, 9.17) is 10.8 Å². The number of carboxylic acid groups (broad SMARTS) is 2. The van der Waals surface area contributed by atoms with E-state index in [0.717, 1.165) is 0 Å². The van der Waals surface area contributed by atoms with Crippen molar-refractivity contribution in [2.75, 3.05) is 16.8 Å². The summed E-state index contributed by atoms with van der Waals surface area (Å²) in [5.74, 6) is -3.28. The number of nitrogens with one attached hydrogen (secondary N) is 4. The van der Waals surface area contributed by atoms with Crippen molar-refractivity contribution in [3.63, 3.8) is 0 Å². The second kappa shape index (κ2) is 12.8. The molecular formula is C22H26N8O7S. The summed E-state index contributed by atoms with van der Waals surface area (Å²) < 4.78 is 0. The summed E-state index contributed by atoms with van der Waals surface area (Å²) in [6, 6.07) is 3.76. The highest BCUT2D eigenvalue weighted by Crippen LogP contribution is 2.12. The summed E-state index contributed by atoms with van der Waals surface area (Å²) in [5.41, 5.74) is 6.43. The number of aliphatic hydroxyl groups excluding tert-OH is 1. The van der Waals surface area contributed by atoms with Gasteiger partial charge in [0, 0.05) is 17.0 Å². The number of carboxylic acids is 2. The van der Waals surface area contributed by atoms with Crippen molar-refractivity contribution >= 4 is 53.3 Å². The van der Waals surface area contributed by atoms with Gasteiger partial charge in [-0.05, 0) is 37.1 Å². The van der Waals surface area contributed by atoms with Crippen LogP contribution in [-0.2, 0) is 16.1 Å². The molecule has 3 unspecified atom stereocenters. The number of aromatic amines is 1. The van der Waals surface area contributed by atoms with Gasteiger partial charge < -0.3 is 31.7 Å². The average Bonchev–Trinajstić information content (AvgIpc) is 2.88. The minimum absolute atomic E-state index is 0.0465. The number of aliphatic hydroxyl groups is 1. The molecular weight excluding hydrogens is 520 g/mol. The molecule has 0 saturated heterocycles. The predicted octanol–water partition coefficient (Wildman–Crippen LogP) is -0.838. The number of benzene rings is 1. The number of nitrogens with zero attached hydrogens (tertiary/aromatic N) is 3. The Kier molecular flexibility index (Phi) is 9.53. The normalized spacial score (nSPS) is 13.4. The molecule has 16 heteroatoms. The SMILES string of the molecule is Nc1nc2ncc(CNc3ccc(C(=O)NC(CCC(O)NC(CS)C(=O)O)C(=O)O)cc3)nc2c(=O)[nH]1. The molecule has 0 aliphatic carbocycles. The molecule has 0 radical (unpaired) electrons. The van der Waals surface area contributed by atoms with E-state index in [-0.39, 0.29) is 47.8 Å². The van der Waals surface area contributed by atoms with Gasteiger partial charge in [0.25, 0.3) is 11.5 Å². The van der Waals surface area contributed by atoms with Crippen LogP contribution in [0.2, 0.25) is 0 Å². The Morgan fingerprint density at radius 1 is 1.05 bits per heavy atom. The quantitative estimate of drug-likeness (QED) is 0.0938. The summed E-state index contributed by atoms with van der Waals surface area (Å²) in [6.07, 6.45) is -0.120. The fraction of sp³-hybridized carbons (Fsp3) is 0.318. The van der Waals surface area contributed by atoms with Crippen LogP contribution >= 0.6 is 12.6 Å². The molecule has 202 valence electrons. The number of hydrogen-bond donors (Lipinski definition) is 9. The summed E-state index contributed by atoms with van der Waals surface area (Å²) in [6.45, 7) is 0.214. The molecule has 0 aliphatic rings. The molecule has 0 saturated carbocycles. The lowest BCUT2D eigenvalue weighted by atomic mass is 10.1. The first kappa shape index (κ1) is 28.3. The van der Waals surface area contributed by atoms with Crippen LogP contribution in [0, 0.1) is 0 Å². The van der Waals surface area contributed by atoms with Gasteiger partial charge >= 0.3 is 11.9 Å². The summed E-state index contributed by atoms with van der Waals surface area (Å²) in [4.78, 5) is 61.7. The molecule has 9 N–H and O–H groups in total. The van der Waals surface area contributed by atoms with Crippen LogP contribution in [0.25, 0.3) is 11.2 Å². The van der Waals surface area contributed by atoms with Crippen molar-refractivity contribution < 1.29 is 29.7 Å². The first-order valence-electron chi connectivity index (χ1n) is 11.2. The number of aliphatic carboxylic acids is 2. The minimum Gasteiger partial charge on any atom is -0.480 e. The highest BCUT2D eigenvalue weighted by molar-refractivity contribution is 7.80. The van der Waals surface area contributed by atoms with E-state index in [1.165, 1.54) is 18.3 Å². The first-order valence-corrected chi connectivity index (χ1v) is 11.9. The van der Waals surface area contributed by atoms with Crippen LogP contribution in [0.3, 0.4) is 0 Å². The van der Waals surface area contributed by atoms with Crippen LogP contribution in [0.4, 0.5) is 11.6 Å². The third-order valence-electron chi connectivity index (χ3n) is 5.31. The van der Waals surface area contributed by atoms with E-state index in [2.05, 4.69) is 48.5 Å². The van der Waals surface area contributed by atoms with Gasteiger partial charge in [-0.15, -0.1) is 0 Å². The number of amides is 1. The maximum absolute atomic E-state index is 12.6. The van der Waals surface area contributed by atoms with Crippen molar-refractivity contribution in [3.8, 4) is 0 Å². The molecule has 1 amide bonds. The molecule has 1 aromatic carbocycles. The van der Waals surface area contributed by atoms with Crippen LogP contribution in [-0.4, -0.2) is 77.2 Å². The number of thiol groups is 1. The number of anilines is 2. The number of carbonyl (C=O) groups excluding carboxylic acids is 1. The fourth-order valence-electron chi connectivity index (χ4n) is 3.33. The monoisotopic (exact) mass is 546 g/mol. The molecule has 3 aromatic rings. The maximum Gasteiger partial charge on any atom is 0.326 e. The Bertz CT molecular complexity index is 1370. The molecule has 2 aromatic heterocycles. The van der Waals surface area contributed by atoms with Gasteiger partial charge in [0.15, 0.2) is 11.2 Å². The number of carbonyl (C=O) groups is 3. The highest BCUT2D eigenvalue weighted by atomic mass is 32.1. The Balaban J connectivity index is 1.55. The van der Waals surface area contributed by atoms with Gasteiger partial charge in [0.05, 0.1) is 18.4 Å². The second-order valence-corrected chi connectivity index (χ2v) is 8.48. The standard InChI is InChI=1S/C22H26N8O7S/c23-22-29-17-16(19(33)30-22)26-12(8-25-17)7-24-11-3-1-10(2-4-11)18(32)28-13(20(34)35)5-6-15(31)27-14(9-38)21(36)37/h1-4,8,13-15,24,27,31,38H,5-7,9H2,(H,28,32)(H,34,35)(H,36,37)(H3,23,25,29,30,33). The molecule has 3 atom stereocenters. The third-order valence-corrected chi connectivity index (χ3v) is 5.68. The van der Waals surface area contributed by atoms with E-state index < -0.39 is 41.7 Å². The molecule has 0 spiro atoms. The largest absolute Gasteiger partial charge is 0.480 e. The average molecular weight is 547 g/mol. The van der Waals surface area contributed by atoms with Gasteiger partial charge in [-0.2, -0.15) is 17.6 Å². The number of fused-ring (bicyclic) bond motifs is 1. The summed E-state index contributed by atoms with van der Waals surface area (Å²) >= 11 is 3.88. The van der Waals surface area contributed by atoms with Gasteiger partial charge in [-0.3, -0.25) is 24.7 Å². The molecule has 38 heavy (non-hydrogen) atoms. The van der Waals surface area contributed by atoms with Crippen molar-refractivity contribution in [3.05, 3.63) is 52.1 Å². The van der Waals surface area contributed by atoms with Gasteiger partial charge in [0.1, 0.15) is 18.3 Å². The van der Waals surface area contributed by atoms with E-state index in [0.29, 0.717) is 11.4 Å². The smallest absolute Gasteiger partial charge is 0.326 e. The number of nitrogen functional groups attached to an aromatic ring is 1. The number of rotatable bonds is 13. The number of H-pyrrole nitrogens is 1. The number of nitrogens with two attached hydrogens (primary N) is 1. The zero-order valence-electron chi connectivity index (χ0n) is 19.8. The maximum atomic E-state index is 12.6. The minimum atomic E-state index is -1.31. The van der Waals surface area contributed by atoms with Crippen LogP contribution < -0.4 is 27.2 Å².